The zero-order chi connectivity index (χ0) is 40.3. The number of fused-ring (bicyclic) bond motifs is 2. The van der Waals surface area contributed by atoms with Crippen molar-refractivity contribution in [3.05, 3.63) is 89.1 Å². The van der Waals surface area contributed by atoms with Gasteiger partial charge in [-0.1, -0.05) is 31.2 Å². The van der Waals surface area contributed by atoms with Gasteiger partial charge >= 0.3 is 13.5 Å². The number of thiophene rings is 1. The highest BCUT2D eigenvalue weighted by Gasteiger charge is 2.48. The monoisotopic (exact) mass is 819 g/mol. The van der Waals surface area contributed by atoms with Gasteiger partial charge in [0.25, 0.3) is 5.91 Å². The Morgan fingerprint density at radius 3 is 2.60 bits per heavy atom. The Kier molecular flexibility index (Phi) is 12.3. The second-order valence-electron chi connectivity index (χ2n) is 14.8. The number of alkyl halides is 1. The fourth-order valence-corrected chi connectivity index (χ4v) is 10.7. The summed E-state index contributed by atoms with van der Waals surface area (Å²) < 4.78 is 47.8. The molecule has 2 aromatic carbocycles. The van der Waals surface area contributed by atoms with Crippen LogP contribution in [0, 0.1) is 0 Å². The summed E-state index contributed by atoms with van der Waals surface area (Å²) in [6, 6.07) is 13.6. The van der Waals surface area contributed by atoms with Gasteiger partial charge < -0.3 is 29.1 Å². The number of hydrogen-bond acceptors (Lipinski definition) is 10. The molecular formula is C41H47FN5O8PS. The zero-order valence-corrected chi connectivity index (χ0v) is 33.8. The van der Waals surface area contributed by atoms with Gasteiger partial charge in [0.1, 0.15) is 29.6 Å². The molecule has 0 aliphatic carbocycles. The number of aromatic nitrogens is 1. The topological polar surface area (TPSA) is 156 Å². The van der Waals surface area contributed by atoms with E-state index in [0.717, 1.165) is 24.2 Å². The third-order valence-electron chi connectivity index (χ3n) is 10.8. The minimum absolute atomic E-state index is 0.0240. The maximum absolute atomic E-state index is 16.5. The summed E-state index contributed by atoms with van der Waals surface area (Å²) in [6.07, 6.45) is 7.23. The van der Waals surface area contributed by atoms with E-state index in [2.05, 4.69) is 15.4 Å². The van der Waals surface area contributed by atoms with Crippen LogP contribution in [0.25, 0.3) is 10.1 Å². The van der Waals surface area contributed by atoms with E-state index in [1.807, 2.05) is 6.92 Å². The summed E-state index contributed by atoms with van der Waals surface area (Å²) in [5.74, 6) is -2.68. The Balaban J connectivity index is 1.04. The number of nitrogens with zero attached hydrogens (tertiary/aromatic N) is 3. The summed E-state index contributed by atoms with van der Waals surface area (Å²) in [6.45, 7) is 4.47. The standard InChI is InChI=1S/C41H47FN5O8PS/c1-4-19-54-41(51)25(2)45-56(52,55-30-10-6-5-7-11-30)37(42)26-13-16-35-27(20-26)21-36(57-35)38(48)44-32-12-8-9-29-14-15-33(47(29)39(32)49)40(50)46-23-28(24-46)31-22-43-18-17-34(31)53-3/h5-7,10-11,13,16-18,20-22,25,28-29,32-33,37H,4,8-9,12,14-15,19,23-24H2,1-3H3,(H,44,48)(H,45,52)/t25-,29-,32-,33-,37?,56?/m0/s1. The first-order chi connectivity index (χ1) is 27.5. The smallest absolute Gasteiger partial charge is 0.355 e. The number of hydrogen-bond donors (Lipinski definition) is 2. The molecule has 2 N–H and O–H groups in total. The maximum atomic E-state index is 16.5. The van der Waals surface area contributed by atoms with E-state index in [-0.39, 0.29) is 41.7 Å². The first kappa shape index (κ1) is 40.4. The zero-order valence-electron chi connectivity index (χ0n) is 32.1. The maximum Gasteiger partial charge on any atom is 0.355 e. The van der Waals surface area contributed by atoms with Gasteiger partial charge in [0.15, 0.2) is 0 Å². The van der Waals surface area contributed by atoms with Crippen molar-refractivity contribution in [3.63, 3.8) is 0 Å². The Labute approximate surface area is 334 Å². The molecule has 3 amide bonds. The molecule has 0 radical (unpaired) electrons. The third kappa shape index (κ3) is 8.56. The molecule has 57 heavy (non-hydrogen) atoms. The van der Waals surface area contributed by atoms with Gasteiger partial charge in [-0.2, -0.15) is 0 Å². The highest BCUT2D eigenvalue weighted by atomic mass is 32.1. The number of esters is 1. The third-order valence-corrected chi connectivity index (χ3v) is 14.1. The van der Waals surface area contributed by atoms with E-state index >= 15 is 4.39 Å². The van der Waals surface area contributed by atoms with E-state index < -0.39 is 43.4 Å². The van der Waals surface area contributed by atoms with Crippen molar-refractivity contribution in [2.45, 2.75) is 88.4 Å². The first-order valence-corrected chi connectivity index (χ1v) is 21.9. The number of para-hydroxylation sites is 1. The average molecular weight is 820 g/mol. The fourth-order valence-electron chi connectivity index (χ4n) is 7.86. The van der Waals surface area contributed by atoms with Crippen LogP contribution in [-0.2, 0) is 23.7 Å². The summed E-state index contributed by atoms with van der Waals surface area (Å²) in [5, 5.41) is 6.05. The predicted octanol–water partition coefficient (Wildman–Crippen LogP) is 6.74. The lowest BCUT2D eigenvalue weighted by Crippen LogP contribution is -2.58. The van der Waals surface area contributed by atoms with Crippen LogP contribution < -0.4 is 19.7 Å². The van der Waals surface area contributed by atoms with Gasteiger partial charge in [-0.3, -0.25) is 28.7 Å². The van der Waals surface area contributed by atoms with Crippen LogP contribution in [0.2, 0.25) is 0 Å². The minimum Gasteiger partial charge on any atom is -0.496 e. The van der Waals surface area contributed by atoms with Crippen LogP contribution >= 0.6 is 18.9 Å². The van der Waals surface area contributed by atoms with E-state index in [1.165, 1.54) is 30.4 Å². The molecule has 0 bridgehead atoms. The average Bonchev–Trinajstić information content (AvgIpc) is 3.79. The largest absolute Gasteiger partial charge is 0.496 e. The summed E-state index contributed by atoms with van der Waals surface area (Å²) in [7, 11) is -2.83. The van der Waals surface area contributed by atoms with Crippen molar-refractivity contribution in [1.29, 1.82) is 0 Å². The van der Waals surface area contributed by atoms with Gasteiger partial charge in [-0.15, -0.1) is 11.3 Å². The van der Waals surface area contributed by atoms with Crippen molar-refractivity contribution in [2.24, 2.45) is 0 Å². The van der Waals surface area contributed by atoms with Crippen LogP contribution in [-0.4, -0.2) is 89.4 Å². The molecule has 0 spiro atoms. The lowest BCUT2D eigenvalue weighted by Gasteiger charge is -2.42. The van der Waals surface area contributed by atoms with Gasteiger partial charge in [0.2, 0.25) is 17.7 Å². The van der Waals surface area contributed by atoms with Crippen molar-refractivity contribution < 1.29 is 42.1 Å². The van der Waals surface area contributed by atoms with E-state index in [9.17, 15) is 23.7 Å². The lowest BCUT2D eigenvalue weighted by atomic mass is 9.91. The number of pyridine rings is 1. The Bertz CT molecular complexity index is 2170. The second kappa shape index (κ2) is 17.3. The van der Waals surface area contributed by atoms with Gasteiger partial charge in [0, 0.05) is 47.7 Å². The van der Waals surface area contributed by atoms with Crippen LogP contribution in [0.5, 0.6) is 11.5 Å². The molecule has 0 saturated carbocycles. The number of rotatable bonds is 14. The minimum atomic E-state index is -4.44. The molecule has 2 aromatic heterocycles. The molecule has 13 nitrogen and oxygen atoms in total. The van der Waals surface area contributed by atoms with Crippen LogP contribution in [0.1, 0.15) is 85.0 Å². The summed E-state index contributed by atoms with van der Waals surface area (Å²) >= 11 is 1.18. The van der Waals surface area contributed by atoms with Crippen molar-refractivity contribution in [2.75, 3.05) is 26.8 Å². The molecule has 3 saturated heterocycles. The quantitative estimate of drug-likeness (QED) is 0.103. The van der Waals surface area contributed by atoms with Gasteiger partial charge in [-0.25, -0.2) is 9.48 Å². The fraction of sp³-hybridized carbons (Fsp3) is 0.439. The number of likely N-dealkylation sites (tertiary alicyclic amines) is 1. The first-order valence-electron chi connectivity index (χ1n) is 19.4. The molecule has 2 unspecified atom stereocenters. The second-order valence-corrected chi connectivity index (χ2v) is 17.9. The van der Waals surface area contributed by atoms with Crippen LogP contribution in [0.4, 0.5) is 4.39 Å². The molecule has 7 rings (SSSR count). The SMILES string of the molecule is CCCOC(=O)[C@H](C)NP(=O)(Oc1ccccc1)C(F)c1ccc2sc(C(=O)N[C@H]3CCC[C@H]4CC[C@@H](C(=O)N5CC(c6cnccc6OC)C5)N4C3=O)cc2c1. The lowest BCUT2D eigenvalue weighted by molar-refractivity contribution is -0.148. The number of carbonyl (C=O) groups is 4. The molecule has 4 aromatic rings. The number of ether oxygens (including phenoxy) is 2. The van der Waals surface area contributed by atoms with Crippen molar-refractivity contribution in [1.82, 2.24) is 25.2 Å². The van der Waals surface area contributed by atoms with Crippen molar-refractivity contribution >= 4 is 52.6 Å². The number of amides is 3. The molecule has 16 heteroatoms. The summed E-state index contributed by atoms with van der Waals surface area (Å²) in [5.41, 5.74) is 0.977. The van der Waals surface area contributed by atoms with E-state index in [4.69, 9.17) is 14.0 Å². The molecule has 6 atom stereocenters. The molecule has 3 aliphatic heterocycles. The van der Waals surface area contributed by atoms with Crippen LogP contribution in [0.15, 0.2) is 73.1 Å². The molecule has 3 fully saturated rings. The number of halogens is 1. The van der Waals surface area contributed by atoms with E-state index in [0.29, 0.717) is 53.7 Å². The molecule has 5 heterocycles. The molecule has 302 valence electrons. The molecule has 3 aliphatic rings. The van der Waals surface area contributed by atoms with E-state index in [1.54, 1.807) is 77.8 Å². The summed E-state index contributed by atoms with van der Waals surface area (Å²) in [4.78, 5) is 62.2. The van der Waals surface area contributed by atoms with Gasteiger partial charge in [0.05, 0.1) is 18.6 Å². The normalized spacial score (nSPS) is 21.8. The number of carbonyl (C=O) groups excluding carboxylic acids is 4. The molecular weight excluding hydrogens is 773 g/mol. The Morgan fingerprint density at radius 2 is 1.84 bits per heavy atom. The Morgan fingerprint density at radius 1 is 1.05 bits per heavy atom. The number of benzene rings is 2. The highest BCUT2D eigenvalue weighted by molar-refractivity contribution is 7.57. The number of methoxy groups -OCH3 is 1. The highest BCUT2D eigenvalue weighted by Crippen LogP contribution is 2.58. The number of nitrogens with one attached hydrogen (secondary N) is 2. The van der Waals surface area contributed by atoms with Crippen molar-refractivity contribution in [3.8, 4) is 11.5 Å². The van der Waals surface area contributed by atoms with Crippen LogP contribution in [0.3, 0.4) is 0 Å². The van der Waals surface area contributed by atoms with Gasteiger partial charge in [-0.05, 0) is 92.8 Å². The predicted molar refractivity (Wildman–Crippen MR) is 213 cm³/mol. The Hall–Kier alpha value is -4.85.